The van der Waals surface area contributed by atoms with Crippen molar-refractivity contribution in [3.63, 3.8) is 0 Å². The van der Waals surface area contributed by atoms with Gasteiger partial charge < -0.3 is 19.7 Å². The van der Waals surface area contributed by atoms with E-state index >= 15 is 0 Å². The highest BCUT2D eigenvalue weighted by atomic mass is 16.5. The molecule has 0 saturated carbocycles. The molecule has 2 aliphatic heterocycles. The maximum absolute atomic E-state index is 10.6. The van der Waals surface area contributed by atoms with Gasteiger partial charge in [0.25, 0.3) is 0 Å². The largest absolute Gasteiger partial charge is 0.491 e. The van der Waals surface area contributed by atoms with Gasteiger partial charge in [0, 0.05) is 30.7 Å². The summed E-state index contributed by atoms with van der Waals surface area (Å²) in [5.41, 5.74) is 5.60. The second-order valence-electron chi connectivity index (χ2n) is 12.4. The minimum absolute atomic E-state index is 0.164. The summed E-state index contributed by atoms with van der Waals surface area (Å²) in [5, 5.41) is 21.1. The van der Waals surface area contributed by atoms with Crippen molar-refractivity contribution in [3.8, 4) is 11.5 Å². The summed E-state index contributed by atoms with van der Waals surface area (Å²) in [6.07, 6.45) is 2.40. The number of nitrogens with zero attached hydrogens (tertiary/aromatic N) is 4. The van der Waals surface area contributed by atoms with E-state index in [-0.39, 0.29) is 31.0 Å². The van der Waals surface area contributed by atoms with Gasteiger partial charge in [-0.1, -0.05) is 98.8 Å². The molecule has 0 bridgehead atoms. The first-order valence-corrected chi connectivity index (χ1v) is 16.0. The van der Waals surface area contributed by atoms with Crippen LogP contribution in [0.4, 0.5) is 0 Å². The molecule has 8 nitrogen and oxygen atoms in total. The van der Waals surface area contributed by atoms with Gasteiger partial charge in [0.05, 0.1) is 23.6 Å². The maximum Gasteiger partial charge on any atom is 0.165 e. The molecule has 0 amide bonds. The van der Waals surface area contributed by atoms with E-state index in [9.17, 15) is 10.2 Å². The summed E-state index contributed by atoms with van der Waals surface area (Å²) in [4.78, 5) is 18.2. The highest BCUT2D eigenvalue weighted by Crippen LogP contribution is 2.33. The Hall–Kier alpha value is -4.92. The monoisotopic (exact) mass is 628 g/mol. The van der Waals surface area contributed by atoms with Gasteiger partial charge in [-0.05, 0) is 46.5 Å². The molecule has 0 fully saturated rings. The van der Waals surface area contributed by atoms with Crippen LogP contribution in [0.25, 0.3) is 0 Å². The number of aliphatic hydroxyl groups is 2. The lowest BCUT2D eigenvalue weighted by Crippen LogP contribution is -2.22. The number of rotatable bonds is 14. The Morgan fingerprint density at radius 1 is 0.574 bits per heavy atom. The summed E-state index contributed by atoms with van der Waals surface area (Å²) in [5.74, 6) is 1.39. The van der Waals surface area contributed by atoms with E-state index < -0.39 is 12.2 Å². The van der Waals surface area contributed by atoms with E-state index in [0.29, 0.717) is 24.3 Å². The Morgan fingerprint density at radius 3 is 1.34 bits per heavy atom. The Bertz CT molecular complexity index is 1600. The number of aliphatic hydroxyl groups excluding tert-OH is 2. The highest BCUT2D eigenvalue weighted by Gasteiger charge is 2.24. The molecule has 6 rings (SSSR count). The van der Waals surface area contributed by atoms with Crippen LogP contribution in [0.5, 0.6) is 11.5 Å². The molecule has 0 spiro atoms. The van der Waals surface area contributed by atoms with Crippen LogP contribution in [-0.4, -0.2) is 59.5 Å². The molecule has 2 aliphatic rings. The first-order valence-electron chi connectivity index (χ1n) is 16.0. The average Bonchev–Trinajstić information content (AvgIpc) is 3.78. The molecule has 47 heavy (non-hydrogen) atoms. The quantitative estimate of drug-likeness (QED) is 0.162. The van der Waals surface area contributed by atoms with E-state index in [1.807, 2.05) is 84.9 Å². The average molecular weight is 629 g/mol. The summed E-state index contributed by atoms with van der Waals surface area (Å²) < 4.78 is 11.8. The van der Waals surface area contributed by atoms with Crippen molar-refractivity contribution in [2.24, 2.45) is 20.0 Å². The van der Waals surface area contributed by atoms with Crippen LogP contribution in [0.15, 0.2) is 129 Å². The first-order chi connectivity index (χ1) is 22.8. The van der Waals surface area contributed by atoms with Gasteiger partial charge in [-0.25, -0.2) is 0 Å². The Kier molecular flexibility index (Phi) is 10.00. The zero-order valence-electron chi connectivity index (χ0n) is 26.7. The van der Waals surface area contributed by atoms with Crippen LogP contribution < -0.4 is 9.47 Å². The van der Waals surface area contributed by atoms with Crippen LogP contribution in [0.3, 0.4) is 0 Å². The van der Waals surface area contributed by atoms with Crippen LogP contribution in [0, 0.1) is 0 Å². The van der Waals surface area contributed by atoms with Crippen molar-refractivity contribution in [1.29, 1.82) is 0 Å². The Morgan fingerprint density at radius 2 is 0.957 bits per heavy atom. The second-order valence-corrected chi connectivity index (χ2v) is 12.4. The fourth-order valence-corrected chi connectivity index (χ4v) is 5.63. The van der Waals surface area contributed by atoms with E-state index in [0.717, 1.165) is 33.7 Å². The number of benzene rings is 4. The molecule has 240 valence electrons. The lowest BCUT2D eigenvalue weighted by atomic mass is 9.78. The van der Waals surface area contributed by atoms with Gasteiger partial charge in [-0.3, -0.25) is 20.0 Å². The molecule has 2 heterocycles. The SMILES string of the molecule is CC(C)(c1ccc(OCC(O)CC2=NC(c3ccccc3)N=C2)cc1)c1ccc(OCC(O)CC2=NC(c3ccccc3)N=C2)cc1. The lowest BCUT2D eigenvalue weighted by Gasteiger charge is -2.26. The van der Waals surface area contributed by atoms with Gasteiger partial charge in [0.15, 0.2) is 12.3 Å². The van der Waals surface area contributed by atoms with E-state index in [1.165, 1.54) is 0 Å². The molecule has 2 N–H and O–H groups in total. The zero-order chi connectivity index (χ0) is 32.6. The number of hydrogen-bond donors (Lipinski definition) is 2. The molecule has 4 aromatic rings. The van der Waals surface area contributed by atoms with Crippen molar-refractivity contribution in [2.45, 2.75) is 56.6 Å². The molecule has 0 radical (unpaired) electrons. The summed E-state index contributed by atoms with van der Waals surface area (Å²) in [6, 6.07) is 35.8. The molecular formula is C39H40N4O4. The van der Waals surface area contributed by atoms with Gasteiger partial charge in [-0.2, -0.15) is 0 Å². The number of ether oxygens (including phenoxy) is 2. The van der Waals surface area contributed by atoms with Crippen molar-refractivity contribution in [1.82, 2.24) is 0 Å². The topological polar surface area (TPSA) is 108 Å². The van der Waals surface area contributed by atoms with Crippen molar-refractivity contribution < 1.29 is 19.7 Å². The number of hydrogen-bond acceptors (Lipinski definition) is 8. The Labute approximate surface area is 275 Å². The third kappa shape index (κ3) is 8.27. The van der Waals surface area contributed by atoms with E-state index in [4.69, 9.17) is 9.47 Å². The van der Waals surface area contributed by atoms with Crippen LogP contribution in [0.1, 0.15) is 61.3 Å². The van der Waals surface area contributed by atoms with E-state index in [2.05, 4.69) is 58.1 Å². The summed E-state index contributed by atoms with van der Waals surface area (Å²) in [7, 11) is 0. The first kappa shape index (κ1) is 32.0. The third-order valence-electron chi connectivity index (χ3n) is 8.43. The lowest BCUT2D eigenvalue weighted by molar-refractivity contribution is 0.113. The van der Waals surface area contributed by atoms with Crippen molar-refractivity contribution in [2.75, 3.05) is 13.2 Å². The second kappa shape index (κ2) is 14.7. The Balaban J connectivity index is 0.957. The van der Waals surface area contributed by atoms with Gasteiger partial charge in [0.2, 0.25) is 0 Å². The normalized spacial score (nSPS) is 18.5. The van der Waals surface area contributed by atoms with E-state index in [1.54, 1.807) is 12.4 Å². The summed E-state index contributed by atoms with van der Waals surface area (Å²) in [6.45, 7) is 4.67. The molecule has 0 aliphatic carbocycles. The zero-order valence-corrected chi connectivity index (χ0v) is 26.7. The molecule has 8 heteroatoms. The molecule has 4 unspecified atom stereocenters. The summed E-state index contributed by atoms with van der Waals surface area (Å²) >= 11 is 0. The van der Waals surface area contributed by atoms with Gasteiger partial charge in [0.1, 0.15) is 24.7 Å². The third-order valence-corrected chi connectivity index (χ3v) is 8.43. The smallest absolute Gasteiger partial charge is 0.165 e. The molecular weight excluding hydrogens is 588 g/mol. The predicted molar refractivity (Wildman–Crippen MR) is 187 cm³/mol. The molecule has 4 aromatic carbocycles. The predicted octanol–water partition coefficient (Wildman–Crippen LogP) is 6.72. The minimum Gasteiger partial charge on any atom is -0.491 e. The van der Waals surface area contributed by atoms with Crippen molar-refractivity contribution >= 4 is 23.9 Å². The number of aliphatic imine (C=N–C) groups is 4. The molecule has 0 saturated heterocycles. The van der Waals surface area contributed by atoms with Crippen molar-refractivity contribution in [3.05, 3.63) is 131 Å². The fourth-order valence-electron chi connectivity index (χ4n) is 5.63. The van der Waals surface area contributed by atoms with Crippen LogP contribution >= 0.6 is 0 Å². The van der Waals surface area contributed by atoms with Gasteiger partial charge in [-0.15, -0.1) is 0 Å². The molecule has 0 aromatic heterocycles. The maximum atomic E-state index is 10.6. The fraction of sp³-hybridized carbons (Fsp3) is 0.282. The standard InChI is InChI=1S/C39H40N4O4/c1-39(2,29-13-17-35(18-14-29)46-25-33(44)21-31-23-40-37(42-31)27-9-5-3-6-10-27)30-15-19-36(20-16-30)47-26-34(45)22-32-24-41-38(43-32)28-11-7-4-8-12-28/h3-20,23-24,33-34,37-38,44-45H,21-22,25-26H2,1-2H3. The highest BCUT2D eigenvalue weighted by molar-refractivity contribution is 6.32. The molecule has 4 atom stereocenters. The minimum atomic E-state index is -0.690. The van der Waals surface area contributed by atoms with Crippen LogP contribution in [0.2, 0.25) is 0 Å². The van der Waals surface area contributed by atoms with Crippen LogP contribution in [-0.2, 0) is 5.41 Å². The van der Waals surface area contributed by atoms with Gasteiger partial charge >= 0.3 is 0 Å².